The second kappa shape index (κ2) is 6.88. The van der Waals surface area contributed by atoms with Crippen LogP contribution in [0, 0.1) is 0 Å². The summed E-state index contributed by atoms with van der Waals surface area (Å²) in [5.41, 5.74) is 4.38. The fourth-order valence-corrected chi connectivity index (χ4v) is 3.09. The van der Waals surface area contributed by atoms with E-state index >= 15 is 0 Å². The van der Waals surface area contributed by atoms with Gasteiger partial charge in [-0.1, -0.05) is 30.3 Å². The summed E-state index contributed by atoms with van der Waals surface area (Å²) < 4.78 is 9.46. The zero-order valence-electron chi connectivity index (χ0n) is 14.8. The van der Waals surface area contributed by atoms with Crippen molar-refractivity contribution in [1.82, 2.24) is 19.1 Å². The van der Waals surface area contributed by atoms with Gasteiger partial charge in [0.1, 0.15) is 11.4 Å². The van der Waals surface area contributed by atoms with Crippen LogP contribution in [-0.4, -0.2) is 26.2 Å². The van der Waals surface area contributed by atoms with Crippen molar-refractivity contribution in [3.05, 3.63) is 78.9 Å². The first-order valence-electron chi connectivity index (χ1n) is 8.47. The van der Waals surface area contributed by atoms with E-state index < -0.39 is 0 Å². The van der Waals surface area contributed by atoms with Crippen LogP contribution in [0.5, 0.6) is 5.75 Å². The minimum Gasteiger partial charge on any atom is -0.497 e. The van der Waals surface area contributed by atoms with Gasteiger partial charge < -0.3 is 13.9 Å². The van der Waals surface area contributed by atoms with Crippen LogP contribution in [0.2, 0.25) is 0 Å². The first-order valence-corrected chi connectivity index (χ1v) is 8.47. The molecule has 0 atom stereocenters. The Morgan fingerprint density at radius 1 is 0.923 bits per heavy atom. The summed E-state index contributed by atoms with van der Waals surface area (Å²) in [6, 6.07) is 18.4. The van der Waals surface area contributed by atoms with Crippen LogP contribution < -0.4 is 4.74 Å². The predicted octanol–water partition coefficient (Wildman–Crippen LogP) is 4.01. The Morgan fingerprint density at radius 2 is 1.69 bits per heavy atom. The van der Waals surface area contributed by atoms with Gasteiger partial charge in [0.05, 0.1) is 31.5 Å². The molecule has 0 saturated heterocycles. The molecule has 2 aromatic heterocycles. The van der Waals surface area contributed by atoms with E-state index in [2.05, 4.69) is 43.4 Å². The van der Waals surface area contributed by atoms with Gasteiger partial charge in [-0.15, -0.1) is 0 Å². The van der Waals surface area contributed by atoms with Crippen LogP contribution in [0.25, 0.3) is 22.8 Å². The molecule has 4 aromatic rings. The van der Waals surface area contributed by atoms with Crippen molar-refractivity contribution in [2.45, 2.75) is 6.54 Å². The van der Waals surface area contributed by atoms with Gasteiger partial charge in [0, 0.05) is 19.2 Å². The Labute approximate surface area is 152 Å². The Morgan fingerprint density at radius 3 is 2.42 bits per heavy atom. The van der Waals surface area contributed by atoms with Gasteiger partial charge in [-0.05, 0) is 29.8 Å². The van der Waals surface area contributed by atoms with Crippen molar-refractivity contribution in [2.24, 2.45) is 7.05 Å². The number of rotatable bonds is 5. The molecule has 130 valence electrons. The number of methoxy groups -OCH3 is 1. The fourth-order valence-electron chi connectivity index (χ4n) is 3.09. The minimum atomic E-state index is 0.765. The Bertz CT molecular complexity index is 1000. The predicted molar refractivity (Wildman–Crippen MR) is 102 cm³/mol. The highest BCUT2D eigenvalue weighted by Crippen LogP contribution is 2.27. The molecular weight excluding hydrogens is 324 g/mol. The van der Waals surface area contributed by atoms with Crippen molar-refractivity contribution in [1.29, 1.82) is 0 Å². The molecule has 5 heteroatoms. The summed E-state index contributed by atoms with van der Waals surface area (Å²) >= 11 is 0. The van der Waals surface area contributed by atoms with Gasteiger partial charge in [-0.2, -0.15) is 0 Å². The molecule has 5 nitrogen and oxygen atoms in total. The van der Waals surface area contributed by atoms with Crippen LogP contribution >= 0.6 is 0 Å². The van der Waals surface area contributed by atoms with Gasteiger partial charge in [0.25, 0.3) is 0 Å². The summed E-state index contributed by atoms with van der Waals surface area (Å²) in [4.78, 5) is 8.98. The number of benzene rings is 2. The highest BCUT2D eigenvalue weighted by atomic mass is 16.5. The molecule has 0 radical (unpaired) electrons. The van der Waals surface area contributed by atoms with Crippen molar-refractivity contribution >= 4 is 0 Å². The quantitative estimate of drug-likeness (QED) is 0.549. The molecule has 0 amide bonds. The van der Waals surface area contributed by atoms with Crippen LogP contribution in [-0.2, 0) is 13.6 Å². The molecule has 26 heavy (non-hydrogen) atoms. The molecule has 4 rings (SSSR count). The maximum Gasteiger partial charge on any atom is 0.158 e. The smallest absolute Gasteiger partial charge is 0.158 e. The molecule has 0 bridgehead atoms. The molecular formula is C21H20N4O. The molecule has 2 heterocycles. The van der Waals surface area contributed by atoms with Crippen LogP contribution in [0.3, 0.4) is 0 Å². The lowest BCUT2D eigenvalue weighted by atomic mass is 10.1. The summed E-state index contributed by atoms with van der Waals surface area (Å²) in [6.07, 6.45) is 5.62. The van der Waals surface area contributed by atoms with Crippen LogP contribution in [0.15, 0.2) is 73.3 Å². The van der Waals surface area contributed by atoms with E-state index in [9.17, 15) is 0 Å². The molecule has 0 aliphatic rings. The van der Waals surface area contributed by atoms with Gasteiger partial charge >= 0.3 is 0 Å². The van der Waals surface area contributed by atoms with Crippen LogP contribution in [0.4, 0.5) is 0 Å². The minimum absolute atomic E-state index is 0.765. The molecule has 0 unspecified atom stereocenters. The number of ether oxygens (including phenoxy) is 1. The molecule has 2 aromatic carbocycles. The van der Waals surface area contributed by atoms with E-state index in [-0.39, 0.29) is 0 Å². The molecule has 0 fully saturated rings. The Hall–Kier alpha value is -3.34. The maximum absolute atomic E-state index is 5.24. The summed E-state index contributed by atoms with van der Waals surface area (Å²) in [6.45, 7) is 0.765. The van der Waals surface area contributed by atoms with E-state index in [1.807, 2.05) is 56.1 Å². The third kappa shape index (κ3) is 2.99. The van der Waals surface area contributed by atoms with E-state index in [4.69, 9.17) is 4.74 Å². The third-order valence-corrected chi connectivity index (χ3v) is 4.51. The van der Waals surface area contributed by atoms with Gasteiger partial charge in [0.15, 0.2) is 5.82 Å². The lowest BCUT2D eigenvalue weighted by Crippen LogP contribution is -2.04. The second-order valence-electron chi connectivity index (χ2n) is 6.15. The molecule has 0 aliphatic heterocycles. The molecule has 0 spiro atoms. The third-order valence-electron chi connectivity index (χ3n) is 4.51. The van der Waals surface area contributed by atoms with E-state index in [0.29, 0.717) is 0 Å². The van der Waals surface area contributed by atoms with E-state index in [1.165, 1.54) is 5.56 Å². The average Bonchev–Trinajstić information content (AvgIpc) is 3.29. The fraction of sp³-hybridized carbons (Fsp3) is 0.143. The lowest BCUT2D eigenvalue weighted by Gasteiger charge is -2.10. The van der Waals surface area contributed by atoms with Crippen molar-refractivity contribution in [2.75, 3.05) is 7.11 Å². The monoisotopic (exact) mass is 344 g/mol. The number of nitrogens with zero attached hydrogens (tertiary/aromatic N) is 4. The summed E-state index contributed by atoms with van der Waals surface area (Å²) in [7, 11) is 3.70. The maximum atomic E-state index is 5.24. The highest BCUT2D eigenvalue weighted by Gasteiger charge is 2.14. The number of imidazole rings is 2. The van der Waals surface area contributed by atoms with Crippen molar-refractivity contribution in [3.63, 3.8) is 0 Å². The number of aromatic nitrogens is 4. The van der Waals surface area contributed by atoms with E-state index in [0.717, 1.165) is 35.1 Å². The van der Waals surface area contributed by atoms with Gasteiger partial charge in [-0.3, -0.25) is 0 Å². The van der Waals surface area contributed by atoms with Gasteiger partial charge in [0.2, 0.25) is 0 Å². The van der Waals surface area contributed by atoms with E-state index in [1.54, 1.807) is 7.11 Å². The first kappa shape index (κ1) is 16.1. The second-order valence-corrected chi connectivity index (χ2v) is 6.15. The van der Waals surface area contributed by atoms with Gasteiger partial charge in [-0.25, -0.2) is 9.97 Å². The number of hydrogen-bond donors (Lipinski definition) is 0. The van der Waals surface area contributed by atoms with Crippen LogP contribution in [0.1, 0.15) is 5.56 Å². The SMILES string of the molecule is COc1ccc(-c2cnc(-c3cncn3Cc3ccccc3)n2C)cc1. The largest absolute Gasteiger partial charge is 0.497 e. The summed E-state index contributed by atoms with van der Waals surface area (Å²) in [5.74, 6) is 1.74. The lowest BCUT2D eigenvalue weighted by molar-refractivity contribution is 0.415. The molecule has 0 N–H and O–H groups in total. The Balaban J connectivity index is 1.67. The Kier molecular flexibility index (Phi) is 4.27. The standard InChI is InChI=1S/C21H20N4O/c1-24-19(17-8-10-18(26-2)11-9-17)13-23-21(24)20-12-22-15-25(20)14-16-6-4-3-5-7-16/h3-13,15H,14H2,1-2H3. The van der Waals surface area contributed by atoms with Crippen molar-refractivity contribution in [3.8, 4) is 28.5 Å². The average molecular weight is 344 g/mol. The zero-order chi connectivity index (χ0) is 17.9. The normalized spacial score (nSPS) is 10.8. The zero-order valence-corrected chi connectivity index (χ0v) is 14.8. The first-order chi connectivity index (χ1) is 12.8. The summed E-state index contributed by atoms with van der Waals surface area (Å²) in [5, 5.41) is 0. The highest BCUT2D eigenvalue weighted by molar-refractivity contribution is 5.64. The molecule has 0 aliphatic carbocycles. The van der Waals surface area contributed by atoms with Crippen molar-refractivity contribution < 1.29 is 4.74 Å². The topological polar surface area (TPSA) is 44.9 Å². The number of hydrogen-bond acceptors (Lipinski definition) is 3. The molecule has 0 saturated carbocycles.